The Morgan fingerprint density at radius 2 is 0.983 bits per heavy atom. The molecule has 0 unspecified atom stereocenters. The number of nitrogens with zero attached hydrogens (tertiary/aromatic N) is 2. The predicted octanol–water partition coefficient (Wildman–Crippen LogP) is 14.1. The molecule has 0 spiro atoms. The summed E-state index contributed by atoms with van der Waals surface area (Å²) < 4.78 is 13.7. The van der Waals surface area contributed by atoms with Crippen LogP contribution >= 0.6 is 0 Å². The lowest BCUT2D eigenvalue weighted by Crippen LogP contribution is -2.61. The number of fused-ring (bicyclic) bond motifs is 11. The van der Waals surface area contributed by atoms with Gasteiger partial charge in [-0.15, -0.1) is 0 Å². The van der Waals surface area contributed by atoms with Crippen LogP contribution in [0.25, 0.3) is 55.0 Å². The Bertz CT molecular complexity index is 3170. The Hall–Kier alpha value is -6.20. The topological polar surface area (TPSA) is 32.8 Å². The Balaban J connectivity index is 1.31. The number of furan rings is 2. The van der Waals surface area contributed by atoms with Crippen LogP contribution in [0.1, 0.15) is 79.0 Å². The van der Waals surface area contributed by atoms with E-state index in [2.05, 4.69) is 205 Å². The maximum atomic E-state index is 7.04. The van der Waals surface area contributed by atoms with Crippen LogP contribution in [0, 0.1) is 0 Å². The van der Waals surface area contributed by atoms with Gasteiger partial charge in [0.1, 0.15) is 22.3 Å². The molecule has 9 aromatic rings. The molecule has 4 nitrogen and oxygen atoms in total. The van der Waals surface area contributed by atoms with Crippen molar-refractivity contribution >= 4 is 90.1 Å². The van der Waals surface area contributed by atoms with Gasteiger partial charge in [0.15, 0.2) is 0 Å². The van der Waals surface area contributed by atoms with Crippen LogP contribution in [-0.2, 0) is 16.2 Å². The highest BCUT2D eigenvalue weighted by Gasteiger charge is 2.47. The molecule has 11 rings (SSSR count). The van der Waals surface area contributed by atoms with E-state index in [9.17, 15) is 0 Å². The molecule has 2 aromatic heterocycles. The molecule has 0 radical (unpaired) electrons. The van der Waals surface area contributed by atoms with Gasteiger partial charge in [-0.2, -0.15) is 0 Å². The maximum Gasteiger partial charge on any atom is 0.333 e. The van der Waals surface area contributed by atoms with Crippen molar-refractivity contribution in [2.45, 2.75) is 78.6 Å². The van der Waals surface area contributed by atoms with Crippen molar-refractivity contribution < 1.29 is 8.83 Å². The van der Waals surface area contributed by atoms with Crippen LogP contribution in [0.5, 0.6) is 0 Å². The van der Waals surface area contributed by atoms with Gasteiger partial charge in [-0.1, -0.05) is 135 Å². The van der Waals surface area contributed by atoms with E-state index in [4.69, 9.17) is 8.83 Å². The summed E-state index contributed by atoms with van der Waals surface area (Å²) in [6.45, 7) is 20.5. The van der Waals surface area contributed by atoms with Crippen molar-refractivity contribution in [3.05, 3.63) is 150 Å². The van der Waals surface area contributed by atoms with Crippen LogP contribution in [0.4, 0.5) is 28.4 Å². The zero-order valence-corrected chi connectivity index (χ0v) is 35.5. The van der Waals surface area contributed by atoms with E-state index in [1.165, 1.54) is 33.3 Å². The number of benzene rings is 7. The maximum absolute atomic E-state index is 7.04. The molecule has 0 saturated heterocycles. The van der Waals surface area contributed by atoms with Crippen LogP contribution in [-0.4, -0.2) is 6.85 Å². The van der Waals surface area contributed by atoms with Crippen molar-refractivity contribution in [3.63, 3.8) is 0 Å². The molecular formula is C54H49BN2O2. The zero-order valence-electron chi connectivity index (χ0n) is 35.5. The average molecular weight is 769 g/mol. The number of anilines is 5. The molecule has 0 aliphatic carbocycles. The van der Waals surface area contributed by atoms with Crippen molar-refractivity contribution in [3.8, 4) is 11.1 Å². The summed E-state index contributed by atoms with van der Waals surface area (Å²) in [6.07, 6.45) is 0. The molecule has 0 fully saturated rings. The molecule has 7 aromatic carbocycles. The van der Waals surface area contributed by atoms with Crippen molar-refractivity contribution in [1.82, 2.24) is 0 Å². The number of hydrogen-bond acceptors (Lipinski definition) is 4. The minimum atomic E-state index is -0.163. The third kappa shape index (κ3) is 5.36. The molecule has 59 heavy (non-hydrogen) atoms. The van der Waals surface area contributed by atoms with Gasteiger partial charge in [-0.25, -0.2) is 0 Å². The molecule has 4 heterocycles. The largest absolute Gasteiger partial charge is 0.456 e. The first-order valence-electron chi connectivity index (χ1n) is 21.0. The van der Waals surface area contributed by atoms with Crippen LogP contribution in [0.15, 0.2) is 142 Å². The van der Waals surface area contributed by atoms with E-state index < -0.39 is 0 Å². The van der Waals surface area contributed by atoms with Gasteiger partial charge in [0.05, 0.1) is 0 Å². The standard InChI is InChI=1S/C54H49BN2O2/c1-52(2,3)32-18-23-35(24-19-32)56-43-27-22-34(54(7,8)9)28-42(43)55-50-45(56)30-40-38-15-11-13-17-47(38)59-51(40)49(50)41-31-48-39(37-14-10-12-16-46(37)58-48)29-44(41)57(55)36-25-20-33(21-26-36)53(4,5)6/h10-31H,1-9H3. The molecule has 0 amide bonds. The second kappa shape index (κ2) is 12.2. The van der Waals surface area contributed by atoms with E-state index in [-0.39, 0.29) is 23.1 Å². The first-order valence-corrected chi connectivity index (χ1v) is 21.0. The lowest BCUT2D eigenvalue weighted by atomic mass is 9.43. The normalized spacial score (nSPS) is 14.1. The molecule has 0 N–H and O–H groups in total. The second-order valence-electron chi connectivity index (χ2n) is 19.8. The summed E-state index contributed by atoms with van der Waals surface area (Å²) >= 11 is 0. The highest BCUT2D eigenvalue weighted by molar-refractivity contribution is 6.94. The Morgan fingerprint density at radius 3 is 1.61 bits per heavy atom. The minimum absolute atomic E-state index is 0.0228. The van der Waals surface area contributed by atoms with Crippen molar-refractivity contribution in [2.24, 2.45) is 0 Å². The molecule has 290 valence electrons. The van der Waals surface area contributed by atoms with E-state index >= 15 is 0 Å². The zero-order chi connectivity index (χ0) is 40.7. The van der Waals surface area contributed by atoms with Gasteiger partial charge < -0.3 is 18.5 Å². The van der Waals surface area contributed by atoms with Gasteiger partial charge in [0.2, 0.25) is 0 Å². The quantitative estimate of drug-likeness (QED) is 0.164. The SMILES string of the molecule is CC(C)(C)c1ccc(N2B3c4cc(C(C)(C)C)ccc4N(c4ccc(C(C)(C)C)cc4)c4cc5c(oc6ccccc65)c(c43)-c3cc4oc5ccccc5c4cc32)cc1. The molecule has 0 saturated carbocycles. The van der Waals surface area contributed by atoms with Crippen LogP contribution in [0.3, 0.4) is 0 Å². The minimum Gasteiger partial charge on any atom is -0.456 e. The van der Waals surface area contributed by atoms with E-state index in [1.54, 1.807) is 0 Å². The Kier molecular flexibility index (Phi) is 7.41. The van der Waals surface area contributed by atoms with Crippen LogP contribution < -0.4 is 20.6 Å². The van der Waals surface area contributed by atoms with E-state index in [1.807, 2.05) is 0 Å². The van der Waals surface area contributed by atoms with Gasteiger partial charge in [-0.3, -0.25) is 0 Å². The summed E-state index contributed by atoms with van der Waals surface area (Å²) in [5.74, 6) is 0. The fourth-order valence-electron chi connectivity index (χ4n) is 9.68. The lowest BCUT2D eigenvalue weighted by molar-refractivity contribution is 0.590. The lowest BCUT2D eigenvalue weighted by Gasteiger charge is -2.46. The third-order valence-corrected chi connectivity index (χ3v) is 12.9. The summed E-state index contributed by atoms with van der Waals surface area (Å²) in [5, 5.41) is 4.45. The first-order chi connectivity index (χ1) is 28.1. The van der Waals surface area contributed by atoms with Crippen molar-refractivity contribution in [2.75, 3.05) is 9.71 Å². The summed E-state index contributed by atoms with van der Waals surface area (Å²) in [4.78, 5) is 5.12. The van der Waals surface area contributed by atoms with Gasteiger partial charge >= 0.3 is 6.85 Å². The Labute approximate surface area is 347 Å². The fraction of sp³-hybridized carbons (Fsp3) is 0.222. The molecule has 2 aliphatic heterocycles. The number of para-hydroxylation sites is 2. The molecule has 0 atom stereocenters. The van der Waals surface area contributed by atoms with Crippen LogP contribution in [0.2, 0.25) is 0 Å². The highest BCUT2D eigenvalue weighted by Crippen LogP contribution is 2.52. The summed E-state index contributed by atoms with van der Waals surface area (Å²) in [6, 6.07) is 49.7. The van der Waals surface area contributed by atoms with Crippen molar-refractivity contribution in [1.29, 1.82) is 0 Å². The Morgan fingerprint density at radius 1 is 0.441 bits per heavy atom. The molecular weight excluding hydrogens is 719 g/mol. The molecule has 5 heteroatoms. The second-order valence-corrected chi connectivity index (χ2v) is 19.8. The highest BCUT2D eigenvalue weighted by atomic mass is 16.3. The first kappa shape index (κ1) is 35.9. The number of rotatable bonds is 2. The molecule has 2 aliphatic rings. The average Bonchev–Trinajstić information content (AvgIpc) is 3.76. The third-order valence-electron chi connectivity index (χ3n) is 12.9. The fourth-order valence-corrected chi connectivity index (χ4v) is 9.68. The smallest absolute Gasteiger partial charge is 0.333 e. The van der Waals surface area contributed by atoms with Gasteiger partial charge in [-0.05, 0) is 105 Å². The molecule has 0 bridgehead atoms. The monoisotopic (exact) mass is 768 g/mol. The van der Waals surface area contributed by atoms with E-state index in [0.29, 0.717) is 0 Å². The predicted molar refractivity (Wildman–Crippen MR) is 251 cm³/mol. The van der Waals surface area contributed by atoms with Gasteiger partial charge in [0, 0.05) is 61.1 Å². The number of hydrogen-bond donors (Lipinski definition) is 0. The van der Waals surface area contributed by atoms with E-state index in [0.717, 1.165) is 77.8 Å². The van der Waals surface area contributed by atoms with Gasteiger partial charge in [0.25, 0.3) is 0 Å². The summed E-state index contributed by atoms with van der Waals surface area (Å²) in [5.41, 5.74) is 18.0. The summed E-state index contributed by atoms with van der Waals surface area (Å²) in [7, 11) is 0.